The minimum atomic E-state index is -0.0369. The van der Waals surface area contributed by atoms with Crippen LogP contribution in [0.4, 0.5) is 0 Å². The van der Waals surface area contributed by atoms with Crippen LogP contribution in [0.15, 0.2) is 58.7 Å². The molecule has 1 nitrogen and oxygen atoms in total. The van der Waals surface area contributed by atoms with Gasteiger partial charge in [-0.05, 0) is 129 Å². The fourth-order valence-corrected chi connectivity index (χ4v) is 9.25. The molecule has 226 valence electrons. The first-order valence-electron chi connectivity index (χ1n) is 16.4. The molecule has 2 heteroatoms. The summed E-state index contributed by atoms with van der Waals surface area (Å²) in [5.74, 6) is 0.548. The lowest BCUT2D eigenvalue weighted by molar-refractivity contribution is -0.00474. The van der Waals surface area contributed by atoms with E-state index in [2.05, 4.69) is 119 Å². The Morgan fingerprint density at radius 2 is 1.57 bits per heavy atom. The predicted octanol–water partition coefficient (Wildman–Crippen LogP) is 10.7. The van der Waals surface area contributed by atoms with Gasteiger partial charge in [-0.1, -0.05) is 106 Å². The lowest BCUT2D eigenvalue weighted by Gasteiger charge is -2.30. The van der Waals surface area contributed by atoms with E-state index in [0.29, 0.717) is 11.5 Å². The van der Waals surface area contributed by atoms with E-state index in [9.17, 15) is 0 Å². The first kappa shape index (κ1) is 32.7. The molecule has 4 rings (SSSR count). The standard InChI is InChI=1S/C40H56OSi/c1-26-27(2)29(4)37(28(26)3)36(22-14-12-13-15-25-41-40(9,10)11)42-38-30(5)32(23-24-35(38)39(6,7)8)34-21-17-19-31-18-16-20-33(31)34/h16-17,19-21,23-24,28,36H,12-15,18,22,25H2,1-11H3. The predicted molar refractivity (Wildman–Crippen MR) is 186 cm³/mol. The largest absolute Gasteiger partial charge is 0.376 e. The summed E-state index contributed by atoms with van der Waals surface area (Å²) in [5, 5.41) is 1.61. The average molecular weight is 581 g/mol. The molecule has 0 saturated carbocycles. The Bertz CT molecular complexity index is 1370. The van der Waals surface area contributed by atoms with Crippen LogP contribution in [0.2, 0.25) is 5.54 Å². The molecule has 42 heavy (non-hydrogen) atoms. The Balaban J connectivity index is 1.66. The van der Waals surface area contributed by atoms with Crippen LogP contribution < -0.4 is 5.19 Å². The van der Waals surface area contributed by atoms with Crippen LogP contribution in [0.5, 0.6) is 0 Å². The Hall–Kier alpha value is -2.16. The Morgan fingerprint density at radius 3 is 2.21 bits per heavy atom. The van der Waals surface area contributed by atoms with Crippen molar-refractivity contribution in [2.75, 3.05) is 6.61 Å². The van der Waals surface area contributed by atoms with Crippen LogP contribution in [0.1, 0.15) is 124 Å². The van der Waals surface area contributed by atoms with Gasteiger partial charge in [0.25, 0.3) is 0 Å². The topological polar surface area (TPSA) is 9.23 Å². The van der Waals surface area contributed by atoms with E-state index in [0.717, 1.165) is 29.0 Å². The number of benzene rings is 2. The van der Waals surface area contributed by atoms with Crippen molar-refractivity contribution >= 4 is 20.8 Å². The third kappa shape index (κ3) is 7.30. The van der Waals surface area contributed by atoms with Crippen LogP contribution >= 0.6 is 0 Å². The second-order valence-electron chi connectivity index (χ2n) is 14.9. The van der Waals surface area contributed by atoms with Crippen LogP contribution in [0, 0.1) is 12.8 Å². The zero-order valence-corrected chi connectivity index (χ0v) is 29.6. The number of hydrogen-bond acceptors (Lipinski definition) is 1. The van der Waals surface area contributed by atoms with Crippen molar-refractivity contribution in [1.82, 2.24) is 0 Å². The molecule has 2 aromatic rings. The maximum absolute atomic E-state index is 5.99. The minimum Gasteiger partial charge on any atom is -0.376 e. The highest BCUT2D eigenvalue weighted by Gasteiger charge is 2.32. The zero-order valence-electron chi connectivity index (χ0n) is 28.6. The molecule has 0 heterocycles. The Morgan fingerprint density at radius 1 is 0.857 bits per heavy atom. The van der Waals surface area contributed by atoms with Crippen LogP contribution in [-0.4, -0.2) is 21.7 Å². The van der Waals surface area contributed by atoms with Crippen molar-refractivity contribution in [1.29, 1.82) is 0 Å². The van der Waals surface area contributed by atoms with Gasteiger partial charge in [0.2, 0.25) is 0 Å². The highest BCUT2D eigenvalue weighted by Crippen LogP contribution is 2.45. The van der Waals surface area contributed by atoms with E-state index in [1.165, 1.54) is 64.6 Å². The Labute approximate surface area is 260 Å². The molecule has 2 aliphatic carbocycles. The summed E-state index contributed by atoms with van der Waals surface area (Å²) in [6.45, 7) is 26.5. The summed E-state index contributed by atoms with van der Waals surface area (Å²) in [5.41, 5.74) is 15.8. The van der Waals surface area contributed by atoms with Crippen molar-refractivity contribution in [3.05, 3.63) is 81.0 Å². The molecule has 2 radical (unpaired) electrons. The van der Waals surface area contributed by atoms with Crippen molar-refractivity contribution in [2.24, 2.45) is 5.92 Å². The van der Waals surface area contributed by atoms with Gasteiger partial charge in [0, 0.05) is 6.61 Å². The van der Waals surface area contributed by atoms with Crippen LogP contribution in [0.3, 0.4) is 0 Å². The van der Waals surface area contributed by atoms with Gasteiger partial charge in [-0.25, -0.2) is 0 Å². The molecule has 2 aromatic carbocycles. The van der Waals surface area contributed by atoms with Gasteiger partial charge in [0.15, 0.2) is 0 Å². The molecule has 0 fully saturated rings. The van der Waals surface area contributed by atoms with E-state index < -0.39 is 0 Å². The summed E-state index contributed by atoms with van der Waals surface area (Å²) in [6.07, 6.45) is 12.0. The zero-order chi connectivity index (χ0) is 30.8. The monoisotopic (exact) mass is 580 g/mol. The van der Waals surface area contributed by atoms with Gasteiger partial charge in [0.05, 0.1) is 15.1 Å². The fraction of sp³-hybridized carbons (Fsp3) is 0.550. The first-order chi connectivity index (χ1) is 19.7. The number of fused-ring (bicyclic) bond motifs is 1. The van der Waals surface area contributed by atoms with Gasteiger partial charge in [-0.2, -0.15) is 0 Å². The molecule has 0 saturated heterocycles. The summed E-state index contributed by atoms with van der Waals surface area (Å²) in [4.78, 5) is 0. The average Bonchev–Trinajstić information content (AvgIpc) is 3.46. The minimum absolute atomic E-state index is 0.0369. The quantitative estimate of drug-likeness (QED) is 0.190. The lowest BCUT2D eigenvalue weighted by Crippen LogP contribution is -2.33. The molecular weight excluding hydrogens is 525 g/mol. The second kappa shape index (κ2) is 13.2. The van der Waals surface area contributed by atoms with Crippen molar-refractivity contribution in [3.63, 3.8) is 0 Å². The van der Waals surface area contributed by atoms with Crippen molar-refractivity contribution < 1.29 is 4.74 Å². The van der Waals surface area contributed by atoms with Crippen molar-refractivity contribution in [3.8, 4) is 11.1 Å². The summed E-state index contributed by atoms with van der Waals surface area (Å²) in [7, 11) is 0.781. The molecule has 0 amide bonds. The van der Waals surface area contributed by atoms with E-state index in [1.54, 1.807) is 21.9 Å². The fourth-order valence-electron chi connectivity index (χ4n) is 6.96. The number of rotatable bonds is 11. The number of allylic oxidation sites excluding steroid dienone is 5. The van der Waals surface area contributed by atoms with Crippen molar-refractivity contribution in [2.45, 2.75) is 131 Å². The highest BCUT2D eigenvalue weighted by molar-refractivity contribution is 6.57. The lowest BCUT2D eigenvalue weighted by atomic mass is 9.83. The maximum Gasteiger partial charge on any atom is 0.0895 e. The van der Waals surface area contributed by atoms with Gasteiger partial charge in [-0.3, -0.25) is 0 Å². The SMILES string of the molecule is CC1=C(C)C(C)C(C(CCCCCCOC(C)(C)C)[Si]c2c(C(C)(C)C)ccc(-c3cccc4c3C=CC4)c2C)=C1C. The molecule has 2 unspecified atom stereocenters. The molecule has 0 aliphatic heterocycles. The number of unbranched alkanes of at least 4 members (excludes halogenated alkanes) is 3. The maximum atomic E-state index is 5.99. The van der Waals surface area contributed by atoms with E-state index >= 15 is 0 Å². The first-order valence-corrected chi connectivity index (χ1v) is 17.5. The van der Waals surface area contributed by atoms with E-state index in [-0.39, 0.29) is 11.0 Å². The second-order valence-corrected chi connectivity index (χ2v) is 16.4. The molecule has 0 spiro atoms. The van der Waals surface area contributed by atoms with E-state index in [4.69, 9.17) is 4.74 Å². The number of hydrogen-bond donors (Lipinski definition) is 0. The smallest absolute Gasteiger partial charge is 0.0895 e. The van der Waals surface area contributed by atoms with Gasteiger partial charge >= 0.3 is 0 Å². The molecule has 0 aromatic heterocycles. The molecular formula is C40H56OSi. The van der Waals surface area contributed by atoms with Crippen LogP contribution in [0.25, 0.3) is 17.2 Å². The van der Waals surface area contributed by atoms with Gasteiger partial charge in [0.1, 0.15) is 0 Å². The molecule has 0 N–H and O–H groups in total. The van der Waals surface area contributed by atoms with E-state index in [1.807, 2.05) is 0 Å². The summed E-state index contributed by atoms with van der Waals surface area (Å²) in [6, 6.07) is 11.8. The molecule has 2 aliphatic rings. The normalized spacial score (nSPS) is 17.9. The molecule has 2 atom stereocenters. The van der Waals surface area contributed by atoms with Crippen LogP contribution in [-0.2, 0) is 16.6 Å². The Kier molecular flexibility index (Phi) is 10.3. The third-order valence-electron chi connectivity index (χ3n) is 9.70. The number of ether oxygens (including phenoxy) is 1. The summed E-state index contributed by atoms with van der Waals surface area (Å²) >= 11 is 0. The third-order valence-corrected chi connectivity index (χ3v) is 11.6. The summed E-state index contributed by atoms with van der Waals surface area (Å²) < 4.78 is 5.99. The van der Waals surface area contributed by atoms with Gasteiger partial charge in [-0.15, -0.1) is 0 Å². The van der Waals surface area contributed by atoms with Gasteiger partial charge < -0.3 is 4.74 Å². The highest BCUT2D eigenvalue weighted by atomic mass is 28.2. The molecule has 0 bridgehead atoms.